The lowest BCUT2D eigenvalue weighted by Crippen LogP contribution is -2.48. The molecular formula is C44H83N11O7. The molecule has 0 aromatic carbocycles. The molecule has 0 aliphatic rings. The number of ketones is 2. The van der Waals surface area contributed by atoms with E-state index in [-0.39, 0.29) is 88.3 Å². The molecule has 18 heteroatoms. The van der Waals surface area contributed by atoms with E-state index in [0.717, 1.165) is 25.7 Å². The Bertz CT molecular complexity index is 1400. The minimum atomic E-state index is -1.05. The van der Waals surface area contributed by atoms with Crippen molar-refractivity contribution in [2.45, 2.75) is 181 Å². The molecule has 0 radical (unpaired) electrons. The van der Waals surface area contributed by atoms with Crippen LogP contribution >= 0.6 is 0 Å². The van der Waals surface area contributed by atoms with Crippen LogP contribution in [0.25, 0.3) is 0 Å². The first-order valence-electron chi connectivity index (χ1n) is 23.0. The van der Waals surface area contributed by atoms with Crippen molar-refractivity contribution in [3.05, 3.63) is 0 Å². The van der Waals surface area contributed by atoms with Crippen molar-refractivity contribution < 1.29 is 33.6 Å². The van der Waals surface area contributed by atoms with E-state index < -0.39 is 59.1 Å². The standard InChI is InChI=1S/C44H83N11O7/c1-5-6-7-8-9-10-11-12-13-14-15-16-17-22-39(59)53-30-40(60)54-34(20-18-25-51-43(46)47)37(57)29-33(27-31(2)3)42(62)55-35(21-19-26-52-44(48)49)36(56)28-32(41(61)50-4)23-24-38(45)58/h31-35H,5-30H2,1-4H3,(H2,45,58)(H,50,61)(H,53,59)(H,54,60)(H,55,62)(H4,46,47,51)(H4,48,49,52)/t32-,33-,34+,35+/m1/s1. The average molecular weight is 878 g/mol. The highest BCUT2D eigenvalue weighted by molar-refractivity contribution is 5.96. The first-order chi connectivity index (χ1) is 29.5. The summed E-state index contributed by atoms with van der Waals surface area (Å²) in [6, 6.07) is -2.06. The van der Waals surface area contributed by atoms with Crippen LogP contribution in [0.4, 0.5) is 0 Å². The number of unbranched alkanes of at least 4 members (excludes halogenated alkanes) is 12. The van der Waals surface area contributed by atoms with Crippen LogP contribution in [0.1, 0.15) is 168 Å². The van der Waals surface area contributed by atoms with E-state index in [1.165, 1.54) is 64.8 Å². The Morgan fingerprint density at radius 3 is 1.45 bits per heavy atom. The molecule has 0 saturated heterocycles. The lowest BCUT2D eigenvalue weighted by Gasteiger charge is -2.25. The maximum atomic E-state index is 13.9. The Kier molecular flexibility index (Phi) is 33.0. The molecule has 0 heterocycles. The average Bonchev–Trinajstić information content (AvgIpc) is 3.21. The van der Waals surface area contributed by atoms with Gasteiger partial charge in [0, 0.05) is 57.7 Å². The number of hydrogen-bond acceptors (Lipinski definition) is 9. The molecule has 0 aromatic heterocycles. The minimum absolute atomic E-state index is 0.0268. The molecule has 5 amide bonds. The molecule has 14 N–H and O–H groups in total. The highest BCUT2D eigenvalue weighted by Crippen LogP contribution is 2.21. The number of rotatable bonds is 39. The summed E-state index contributed by atoms with van der Waals surface area (Å²) in [5, 5.41) is 10.7. The van der Waals surface area contributed by atoms with Crippen LogP contribution in [0.15, 0.2) is 9.98 Å². The van der Waals surface area contributed by atoms with E-state index in [1.807, 2.05) is 13.8 Å². The molecule has 0 spiro atoms. The Balaban J connectivity index is 5.59. The maximum absolute atomic E-state index is 13.9. The van der Waals surface area contributed by atoms with Crippen molar-refractivity contribution in [3.8, 4) is 0 Å². The Morgan fingerprint density at radius 1 is 0.532 bits per heavy atom. The van der Waals surface area contributed by atoms with Gasteiger partial charge in [-0.2, -0.15) is 0 Å². The number of carbonyl (C=O) groups is 7. The van der Waals surface area contributed by atoms with Gasteiger partial charge in [-0.1, -0.05) is 97.8 Å². The molecule has 4 atom stereocenters. The third kappa shape index (κ3) is 31.1. The molecule has 356 valence electrons. The van der Waals surface area contributed by atoms with Crippen LogP contribution in [-0.4, -0.2) is 91.8 Å². The molecule has 0 aliphatic heterocycles. The monoisotopic (exact) mass is 878 g/mol. The van der Waals surface area contributed by atoms with E-state index in [1.54, 1.807) is 0 Å². The van der Waals surface area contributed by atoms with Gasteiger partial charge in [-0.3, -0.25) is 43.5 Å². The zero-order chi connectivity index (χ0) is 46.7. The van der Waals surface area contributed by atoms with Crippen LogP contribution in [0, 0.1) is 17.8 Å². The van der Waals surface area contributed by atoms with Crippen molar-refractivity contribution in [2.75, 3.05) is 26.7 Å². The van der Waals surface area contributed by atoms with E-state index >= 15 is 0 Å². The number of carbonyl (C=O) groups excluding carboxylic acids is 7. The van der Waals surface area contributed by atoms with Gasteiger partial charge in [0.25, 0.3) is 0 Å². The molecule has 0 fully saturated rings. The van der Waals surface area contributed by atoms with Crippen LogP contribution in [-0.2, 0) is 33.6 Å². The number of nitrogens with zero attached hydrogens (tertiary/aromatic N) is 2. The summed E-state index contributed by atoms with van der Waals surface area (Å²) in [6.07, 6.45) is 16.5. The summed E-state index contributed by atoms with van der Waals surface area (Å²) in [6.45, 7) is 6.08. The normalized spacial score (nSPS) is 12.9. The Labute approximate surface area is 370 Å². The summed E-state index contributed by atoms with van der Waals surface area (Å²) in [4.78, 5) is 99.2. The zero-order valence-electron chi connectivity index (χ0n) is 38.4. The largest absolute Gasteiger partial charge is 0.370 e. The molecule has 0 aromatic rings. The lowest BCUT2D eigenvalue weighted by molar-refractivity contribution is -0.135. The van der Waals surface area contributed by atoms with Crippen molar-refractivity contribution in [3.63, 3.8) is 0 Å². The molecule has 0 aliphatic carbocycles. The van der Waals surface area contributed by atoms with Crippen molar-refractivity contribution >= 4 is 53.0 Å². The molecule has 18 nitrogen and oxygen atoms in total. The molecule has 0 rings (SSSR count). The van der Waals surface area contributed by atoms with Gasteiger partial charge >= 0.3 is 0 Å². The number of Topliss-reactive ketones (excluding diaryl/α,β-unsaturated/α-hetero) is 2. The van der Waals surface area contributed by atoms with Gasteiger partial charge in [0.05, 0.1) is 18.6 Å². The van der Waals surface area contributed by atoms with E-state index in [0.29, 0.717) is 19.3 Å². The Morgan fingerprint density at radius 2 is 1.00 bits per heavy atom. The number of nitrogens with one attached hydrogen (secondary N) is 4. The second kappa shape index (κ2) is 35.8. The number of hydrogen-bond donors (Lipinski definition) is 9. The van der Waals surface area contributed by atoms with Gasteiger partial charge in [0.1, 0.15) is 0 Å². The van der Waals surface area contributed by atoms with Crippen LogP contribution in [0.2, 0.25) is 0 Å². The summed E-state index contributed by atoms with van der Waals surface area (Å²) >= 11 is 0. The quantitative estimate of drug-likeness (QED) is 0.0246. The molecule has 0 unspecified atom stereocenters. The van der Waals surface area contributed by atoms with Crippen molar-refractivity contribution in [1.82, 2.24) is 21.3 Å². The Hall–Kier alpha value is -4.77. The number of amides is 5. The third-order valence-corrected chi connectivity index (χ3v) is 10.7. The first-order valence-corrected chi connectivity index (χ1v) is 23.0. The van der Waals surface area contributed by atoms with Gasteiger partial charge in [0.2, 0.25) is 29.5 Å². The molecule has 62 heavy (non-hydrogen) atoms. The highest BCUT2D eigenvalue weighted by atomic mass is 16.2. The van der Waals surface area contributed by atoms with Gasteiger partial charge in [-0.25, -0.2) is 0 Å². The second-order valence-electron chi connectivity index (χ2n) is 16.8. The summed E-state index contributed by atoms with van der Waals surface area (Å²) in [5.74, 6) is -5.30. The summed E-state index contributed by atoms with van der Waals surface area (Å²) in [5.41, 5.74) is 27.2. The first kappa shape index (κ1) is 57.2. The fourth-order valence-electron chi connectivity index (χ4n) is 7.21. The number of primary amides is 1. The minimum Gasteiger partial charge on any atom is -0.370 e. The van der Waals surface area contributed by atoms with Crippen LogP contribution in [0.5, 0.6) is 0 Å². The smallest absolute Gasteiger partial charge is 0.239 e. The van der Waals surface area contributed by atoms with Gasteiger partial charge in [0.15, 0.2) is 23.5 Å². The van der Waals surface area contributed by atoms with E-state index in [4.69, 9.17) is 28.7 Å². The highest BCUT2D eigenvalue weighted by Gasteiger charge is 2.32. The number of aliphatic imine (C=N–C) groups is 2. The van der Waals surface area contributed by atoms with E-state index in [9.17, 15) is 33.6 Å². The number of nitrogens with two attached hydrogens (primary N) is 5. The van der Waals surface area contributed by atoms with Gasteiger partial charge < -0.3 is 49.9 Å². The van der Waals surface area contributed by atoms with Gasteiger partial charge in [-0.15, -0.1) is 0 Å². The van der Waals surface area contributed by atoms with Gasteiger partial charge in [-0.05, 0) is 50.9 Å². The maximum Gasteiger partial charge on any atom is 0.239 e. The zero-order valence-corrected chi connectivity index (χ0v) is 38.4. The fourth-order valence-corrected chi connectivity index (χ4v) is 7.21. The second-order valence-corrected chi connectivity index (χ2v) is 16.8. The molecule has 0 saturated carbocycles. The number of guanidine groups is 2. The summed E-state index contributed by atoms with van der Waals surface area (Å²) in [7, 11) is 1.42. The predicted octanol–water partition coefficient (Wildman–Crippen LogP) is 2.87. The molecular weight excluding hydrogens is 795 g/mol. The lowest BCUT2D eigenvalue weighted by atomic mass is 9.87. The van der Waals surface area contributed by atoms with Crippen molar-refractivity contribution in [2.24, 2.45) is 56.4 Å². The van der Waals surface area contributed by atoms with Crippen molar-refractivity contribution in [1.29, 1.82) is 0 Å². The summed E-state index contributed by atoms with van der Waals surface area (Å²) < 4.78 is 0. The predicted molar refractivity (Wildman–Crippen MR) is 245 cm³/mol. The topological polar surface area (TPSA) is 322 Å². The van der Waals surface area contributed by atoms with Crippen LogP contribution < -0.4 is 49.9 Å². The SMILES string of the molecule is CCCCCCCCCCCCCCCC(=O)NCC(=O)N[C@@H](CCCN=C(N)N)C(=O)C[C@@H](CC(C)C)C(=O)N[C@@H](CCCN=C(N)N)C(=O)C[C@@H](CCC(N)=O)C(=O)NC. The van der Waals surface area contributed by atoms with Crippen LogP contribution in [0.3, 0.4) is 0 Å². The third-order valence-electron chi connectivity index (χ3n) is 10.7. The van der Waals surface area contributed by atoms with E-state index in [2.05, 4.69) is 38.2 Å². The molecule has 0 bridgehead atoms. The fraction of sp³-hybridized carbons (Fsp3) is 0.795.